The topological polar surface area (TPSA) is 64.6 Å². The highest BCUT2D eigenvalue weighted by atomic mass is 16.6. The normalized spacial score (nSPS) is 17.4. The number of esters is 1. The van der Waals surface area contributed by atoms with Crippen LogP contribution in [0.25, 0.3) is 10.8 Å². The van der Waals surface area contributed by atoms with Gasteiger partial charge in [0, 0.05) is 17.7 Å². The fourth-order valence-electron chi connectivity index (χ4n) is 2.51. The predicted octanol–water partition coefficient (Wildman–Crippen LogP) is 2.50. The minimum absolute atomic E-state index is 0.304. The van der Waals surface area contributed by atoms with E-state index in [1.54, 1.807) is 0 Å². The molecule has 0 radical (unpaired) electrons. The van der Waals surface area contributed by atoms with E-state index in [0.29, 0.717) is 18.7 Å². The Labute approximate surface area is 128 Å². The van der Waals surface area contributed by atoms with Crippen LogP contribution in [0.5, 0.6) is 0 Å². The summed E-state index contributed by atoms with van der Waals surface area (Å²) in [6.45, 7) is 0.268. The maximum absolute atomic E-state index is 11.9. The minimum Gasteiger partial charge on any atom is -0.454 e. The maximum atomic E-state index is 11.9. The second-order valence-electron chi connectivity index (χ2n) is 5.18. The molecule has 1 fully saturated rings. The molecule has 0 aromatic heterocycles. The van der Waals surface area contributed by atoms with Crippen LogP contribution in [0.1, 0.15) is 12.8 Å². The molecule has 22 heavy (non-hydrogen) atoms. The number of carbonyl (C=O) groups is 2. The van der Waals surface area contributed by atoms with Crippen molar-refractivity contribution < 1.29 is 19.1 Å². The van der Waals surface area contributed by atoms with Crippen LogP contribution in [-0.2, 0) is 19.1 Å². The van der Waals surface area contributed by atoms with Gasteiger partial charge < -0.3 is 14.8 Å². The summed E-state index contributed by atoms with van der Waals surface area (Å²) in [6, 6.07) is 13.4. The summed E-state index contributed by atoms with van der Waals surface area (Å²) in [5.41, 5.74) is 0.705. The van der Waals surface area contributed by atoms with E-state index >= 15 is 0 Å². The van der Waals surface area contributed by atoms with Crippen molar-refractivity contribution in [3.05, 3.63) is 42.5 Å². The van der Waals surface area contributed by atoms with Gasteiger partial charge in [0.2, 0.25) is 0 Å². The van der Waals surface area contributed by atoms with Gasteiger partial charge in [0.15, 0.2) is 12.7 Å². The zero-order valence-corrected chi connectivity index (χ0v) is 12.1. The van der Waals surface area contributed by atoms with E-state index in [1.165, 1.54) is 0 Å². The van der Waals surface area contributed by atoms with Gasteiger partial charge in [-0.25, -0.2) is 4.79 Å². The van der Waals surface area contributed by atoms with E-state index in [1.807, 2.05) is 42.5 Å². The molecular weight excluding hydrogens is 282 g/mol. The molecule has 0 aliphatic carbocycles. The molecule has 1 heterocycles. The van der Waals surface area contributed by atoms with Crippen LogP contribution in [0.2, 0.25) is 0 Å². The van der Waals surface area contributed by atoms with E-state index in [4.69, 9.17) is 9.47 Å². The Morgan fingerprint density at radius 3 is 2.82 bits per heavy atom. The molecule has 1 aliphatic heterocycles. The first-order valence-electron chi connectivity index (χ1n) is 7.30. The minimum atomic E-state index is -0.523. The third kappa shape index (κ3) is 3.26. The van der Waals surface area contributed by atoms with Crippen molar-refractivity contribution in [2.24, 2.45) is 0 Å². The van der Waals surface area contributed by atoms with E-state index in [0.717, 1.165) is 17.2 Å². The van der Waals surface area contributed by atoms with Gasteiger partial charge in [-0.05, 0) is 24.3 Å². The number of nitrogens with one attached hydrogen (secondary N) is 1. The largest absolute Gasteiger partial charge is 0.454 e. The number of benzene rings is 2. The zero-order chi connectivity index (χ0) is 15.4. The summed E-state index contributed by atoms with van der Waals surface area (Å²) in [6.07, 6.45) is 0.983. The summed E-state index contributed by atoms with van der Waals surface area (Å²) in [4.78, 5) is 23.6. The van der Waals surface area contributed by atoms with Gasteiger partial charge in [0.05, 0.1) is 0 Å². The number of fused-ring (bicyclic) bond motifs is 1. The Morgan fingerprint density at radius 1 is 1.18 bits per heavy atom. The summed E-state index contributed by atoms with van der Waals surface area (Å²) in [5, 5.41) is 4.76. The molecule has 0 unspecified atom stereocenters. The molecule has 1 saturated heterocycles. The first kappa shape index (κ1) is 14.5. The fourth-order valence-corrected chi connectivity index (χ4v) is 2.51. The number of rotatable bonds is 4. The number of ether oxygens (including phenoxy) is 2. The van der Waals surface area contributed by atoms with E-state index in [2.05, 4.69) is 5.32 Å². The molecule has 5 nitrogen and oxygen atoms in total. The summed E-state index contributed by atoms with van der Waals surface area (Å²) in [5.74, 6) is -0.826. The highest BCUT2D eigenvalue weighted by Gasteiger charge is 2.25. The monoisotopic (exact) mass is 299 g/mol. The molecule has 3 rings (SSSR count). The maximum Gasteiger partial charge on any atom is 0.335 e. The van der Waals surface area contributed by atoms with Gasteiger partial charge in [0.25, 0.3) is 5.91 Å². The Bertz CT molecular complexity index is 687. The highest BCUT2D eigenvalue weighted by molar-refractivity contribution is 6.02. The van der Waals surface area contributed by atoms with Gasteiger partial charge in [-0.2, -0.15) is 0 Å². The Kier molecular flexibility index (Phi) is 4.34. The number of anilines is 1. The summed E-state index contributed by atoms with van der Waals surface area (Å²) in [7, 11) is 0. The molecule has 0 spiro atoms. The van der Waals surface area contributed by atoms with E-state index in [9.17, 15) is 9.59 Å². The van der Waals surface area contributed by atoms with Crippen LogP contribution >= 0.6 is 0 Å². The molecule has 5 heteroatoms. The van der Waals surface area contributed by atoms with Crippen LogP contribution in [0.3, 0.4) is 0 Å². The molecule has 114 valence electrons. The van der Waals surface area contributed by atoms with Crippen molar-refractivity contribution in [1.82, 2.24) is 0 Å². The van der Waals surface area contributed by atoms with Crippen molar-refractivity contribution in [3.63, 3.8) is 0 Å². The van der Waals surface area contributed by atoms with Crippen molar-refractivity contribution >= 4 is 28.3 Å². The standard InChI is InChI=1S/C17H17NO4/c19-16(11-22-17(20)15-9-4-10-21-15)18-14-8-3-6-12-5-1-2-7-13(12)14/h1-3,5-8,15H,4,9-11H2,(H,18,19)/t15-/m1/s1. The summed E-state index contributed by atoms with van der Waals surface area (Å²) < 4.78 is 10.2. The van der Waals surface area contributed by atoms with Crippen LogP contribution in [0, 0.1) is 0 Å². The third-order valence-corrected chi connectivity index (χ3v) is 3.60. The van der Waals surface area contributed by atoms with Crippen molar-refractivity contribution in [2.75, 3.05) is 18.5 Å². The average Bonchev–Trinajstić information content (AvgIpc) is 3.07. The van der Waals surface area contributed by atoms with Crippen LogP contribution in [0.15, 0.2) is 42.5 Å². The second kappa shape index (κ2) is 6.58. The molecule has 1 amide bonds. The Balaban J connectivity index is 1.60. The first-order valence-corrected chi connectivity index (χ1v) is 7.30. The quantitative estimate of drug-likeness (QED) is 0.881. The number of carbonyl (C=O) groups excluding carboxylic acids is 2. The molecule has 1 N–H and O–H groups in total. The lowest BCUT2D eigenvalue weighted by atomic mass is 10.1. The molecule has 2 aromatic rings. The lowest BCUT2D eigenvalue weighted by Crippen LogP contribution is -2.27. The third-order valence-electron chi connectivity index (χ3n) is 3.60. The smallest absolute Gasteiger partial charge is 0.335 e. The molecule has 1 aliphatic rings. The van der Waals surface area contributed by atoms with Gasteiger partial charge in [-0.15, -0.1) is 0 Å². The van der Waals surface area contributed by atoms with Gasteiger partial charge in [-0.3, -0.25) is 4.79 Å². The van der Waals surface area contributed by atoms with Gasteiger partial charge in [0.1, 0.15) is 0 Å². The number of amides is 1. The van der Waals surface area contributed by atoms with Crippen molar-refractivity contribution in [2.45, 2.75) is 18.9 Å². The summed E-state index contributed by atoms with van der Waals surface area (Å²) >= 11 is 0. The Hall–Kier alpha value is -2.40. The Morgan fingerprint density at radius 2 is 2.00 bits per heavy atom. The molecule has 0 bridgehead atoms. The van der Waals surface area contributed by atoms with Gasteiger partial charge >= 0.3 is 5.97 Å². The highest BCUT2D eigenvalue weighted by Crippen LogP contribution is 2.22. The van der Waals surface area contributed by atoms with E-state index in [-0.39, 0.29) is 12.5 Å². The fraction of sp³-hybridized carbons (Fsp3) is 0.294. The van der Waals surface area contributed by atoms with Crippen molar-refractivity contribution in [3.8, 4) is 0 Å². The average molecular weight is 299 g/mol. The first-order chi connectivity index (χ1) is 10.7. The van der Waals surface area contributed by atoms with Crippen molar-refractivity contribution in [1.29, 1.82) is 0 Å². The molecule has 2 aromatic carbocycles. The van der Waals surface area contributed by atoms with Crippen LogP contribution < -0.4 is 5.32 Å². The van der Waals surface area contributed by atoms with E-state index < -0.39 is 12.1 Å². The number of hydrogen-bond donors (Lipinski definition) is 1. The van der Waals surface area contributed by atoms with Crippen LogP contribution in [-0.4, -0.2) is 31.2 Å². The zero-order valence-electron chi connectivity index (χ0n) is 12.1. The molecular formula is C17H17NO4. The van der Waals surface area contributed by atoms with Gasteiger partial charge in [-0.1, -0.05) is 36.4 Å². The van der Waals surface area contributed by atoms with Crippen LogP contribution in [0.4, 0.5) is 5.69 Å². The molecule has 1 atom stereocenters. The number of hydrogen-bond acceptors (Lipinski definition) is 4. The second-order valence-corrected chi connectivity index (χ2v) is 5.18. The lowest BCUT2D eigenvalue weighted by molar-refractivity contribution is -0.156. The molecule has 0 saturated carbocycles. The lowest BCUT2D eigenvalue weighted by Gasteiger charge is -2.11. The SMILES string of the molecule is O=C(COC(=O)[C@H]1CCCO1)Nc1cccc2ccccc12. The predicted molar refractivity (Wildman–Crippen MR) is 82.5 cm³/mol.